The van der Waals surface area contributed by atoms with E-state index in [1.165, 1.54) is 0 Å². The predicted octanol–water partition coefficient (Wildman–Crippen LogP) is 2.92. The predicted molar refractivity (Wildman–Crippen MR) is 65.4 cm³/mol. The minimum Gasteiger partial charge on any atom is -0.439 e. The third-order valence-electron chi connectivity index (χ3n) is 2.00. The fourth-order valence-corrected chi connectivity index (χ4v) is 1.46. The van der Waals surface area contributed by atoms with Crippen molar-refractivity contribution in [1.82, 2.24) is 9.97 Å². The zero-order valence-corrected chi connectivity index (χ0v) is 10.2. The molecule has 0 aliphatic carbocycles. The van der Waals surface area contributed by atoms with Crippen molar-refractivity contribution in [1.29, 1.82) is 0 Å². The molecule has 2 aromatic rings. The van der Waals surface area contributed by atoms with Gasteiger partial charge in [-0.3, -0.25) is 0 Å². The summed E-state index contributed by atoms with van der Waals surface area (Å²) >= 11 is 3.43. The minimum absolute atomic E-state index is 0.200. The van der Waals surface area contributed by atoms with Gasteiger partial charge in [0.1, 0.15) is 5.75 Å². The monoisotopic (exact) mass is 279 g/mol. The summed E-state index contributed by atoms with van der Waals surface area (Å²) in [6.45, 7) is 1.99. The van der Waals surface area contributed by atoms with Crippen molar-refractivity contribution >= 4 is 21.9 Å². The first-order valence-electron chi connectivity index (χ1n) is 4.67. The van der Waals surface area contributed by atoms with Gasteiger partial charge in [0.15, 0.2) is 0 Å². The summed E-state index contributed by atoms with van der Waals surface area (Å²) in [6.07, 6.45) is 1.56. The van der Waals surface area contributed by atoms with Gasteiger partial charge in [-0.1, -0.05) is 15.9 Å². The Bertz CT molecular complexity index is 516. The summed E-state index contributed by atoms with van der Waals surface area (Å²) < 4.78 is 6.59. The maximum absolute atomic E-state index is 5.54. The van der Waals surface area contributed by atoms with E-state index < -0.39 is 0 Å². The fraction of sp³-hybridized carbons (Fsp3) is 0.0909. The van der Waals surface area contributed by atoms with E-state index in [2.05, 4.69) is 25.9 Å². The lowest BCUT2D eigenvalue weighted by Crippen LogP contribution is -1.96. The number of aromatic nitrogens is 2. The van der Waals surface area contributed by atoms with E-state index in [0.717, 1.165) is 15.8 Å². The number of hydrogen-bond donors (Lipinski definition) is 1. The van der Waals surface area contributed by atoms with E-state index in [0.29, 0.717) is 5.88 Å². The van der Waals surface area contributed by atoms with Gasteiger partial charge in [0.25, 0.3) is 0 Å². The lowest BCUT2D eigenvalue weighted by atomic mass is 10.2. The third-order valence-corrected chi connectivity index (χ3v) is 2.89. The zero-order chi connectivity index (χ0) is 11.5. The highest BCUT2D eigenvalue weighted by molar-refractivity contribution is 9.10. The number of ether oxygens (including phenoxy) is 1. The topological polar surface area (TPSA) is 61.0 Å². The highest BCUT2D eigenvalue weighted by Gasteiger charge is 2.01. The van der Waals surface area contributed by atoms with Crippen LogP contribution in [0.25, 0.3) is 0 Å². The molecule has 0 atom stereocenters. The fourth-order valence-electron chi connectivity index (χ4n) is 1.21. The minimum atomic E-state index is 0.200. The molecule has 82 valence electrons. The number of aryl methyl sites for hydroxylation is 1. The van der Waals surface area contributed by atoms with Gasteiger partial charge in [0.2, 0.25) is 11.8 Å². The van der Waals surface area contributed by atoms with Gasteiger partial charge in [0, 0.05) is 16.7 Å². The Morgan fingerprint density at radius 1 is 1.31 bits per heavy atom. The van der Waals surface area contributed by atoms with Crippen molar-refractivity contribution in [2.75, 3.05) is 5.73 Å². The van der Waals surface area contributed by atoms with Crippen molar-refractivity contribution in [3.8, 4) is 11.6 Å². The second-order valence-corrected chi connectivity index (χ2v) is 4.12. The van der Waals surface area contributed by atoms with E-state index in [1.54, 1.807) is 12.3 Å². The van der Waals surface area contributed by atoms with Gasteiger partial charge < -0.3 is 10.5 Å². The molecule has 16 heavy (non-hydrogen) atoms. The molecule has 0 saturated carbocycles. The molecular weight excluding hydrogens is 270 g/mol. The summed E-state index contributed by atoms with van der Waals surface area (Å²) in [5.74, 6) is 1.36. The van der Waals surface area contributed by atoms with Crippen LogP contribution in [0.3, 0.4) is 0 Å². The highest BCUT2D eigenvalue weighted by atomic mass is 79.9. The van der Waals surface area contributed by atoms with Gasteiger partial charge in [0.05, 0.1) is 0 Å². The van der Waals surface area contributed by atoms with E-state index in [9.17, 15) is 0 Å². The number of nitrogens with two attached hydrogens (primary N) is 1. The molecule has 1 aromatic carbocycles. The van der Waals surface area contributed by atoms with Gasteiger partial charge in [-0.25, -0.2) is 4.98 Å². The number of anilines is 1. The molecule has 2 rings (SSSR count). The molecule has 0 fully saturated rings. The Morgan fingerprint density at radius 2 is 2.12 bits per heavy atom. The number of rotatable bonds is 2. The van der Waals surface area contributed by atoms with E-state index in [4.69, 9.17) is 10.5 Å². The van der Waals surface area contributed by atoms with E-state index >= 15 is 0 Å². The molecule has 0 radical (unpaired) electrons. The quantitative estimate of drug-likeness (QED) is 0.918. The summed E-state index contributed by atoms with van der Waals surface area (Å²) in [4.78, 5) is 7.75. The van der Waals surface area contributed by atoms with Crippen molar-refractivity contribution in [3.63, 3.8) is 0 Å². The van der Waals surface area contributed by atoms with E-state index in [1.807, 2.05) is 25.1 Å². The molecule has 0 spiro atoms. The molecule has 0 saturated heterocycles. The molecule has 0 unspecified atom stereocenters. The van der Waals surface area contributed by atoms with Crippen LogP contribution < -0.4 is 10.5 Å². The van der Waals surface area contributed by atoms with Crippen LogP contribution in [0.5, 0.6) is 11.6 Å². The van der Waals surface area contributed by atoms with Crippen molar-refractivity contribution in [2.45, 2.75) is 6.92 Å². The molecule has 1 aromatic heterocycles. The average Bonchev–Trinajstić information content (AvgIpc) is 2.24. The molecule has 5 heteroatoms. The second kappa shape index (κ2) is 4.49. The van der Waals surface area contributed by atoms with Crippen LogP contribution in [0, 0.1) is 6.92 Å². The largest absolute Gasteiger partial charge is 0.439 e. The van der Waals surface area contributed by atoms with Crippen LogP contribution in [0.4, 0.5) is 5.95 Å². The molecule has 0 bridgehead atoms. The normalized spacial score (nSPS) is 10.1. The van der Waals surface area contributed by atoms with Crippen molar-refractivity contribution in [2.24, 2.45) is 0 Å². The van der Waals surface area contributed by atoms with Crippen LogP contribution in [0.2, 0.25) is 0 Å². The van der Waals surface area contributed by atoms with Gasteiger partial charge in [-0.05, 0) is 30.7 Å². The first-order valence-corrected chi connectivity index (χ1v) is 5.47. The zero-order valence-electron chi connectivity index (χ0n) is 8.64. The lowest BCUT2D eigenvalue weighted by Gasteiger charge is -2.06. The maximum atomic E-state index is 5.54. The van der Waals surface area contributed by atoms with Gasteiger partial charge in [-0.15, -0.1) is 0 Å². The van der Waals surface area contributed by atoms with Crippen molar-refractivity contribution < 1.29 is 4.74 Å². The Morgan fingerprint density at radius 3 is 2.81 bits per heavy atom. The molecule has 0 aliphatic rings. The molecule has 0 amide bonds. The van der Waals surface area contributed by atoms with E-state index in [-0.39, 0.29) is 5.95 Å². The summed E-state index contributed by atoms with van der Waals surface area (Å²) in [5, 5.41) is 0. The Hall–Kier alpha value is -1.62. The van der Waals surface area contributed by atoms with Crippen LogP contribution >= 0.6 is 15.9 Å². The molecule has 1 heterocycles. The smallest absolute Gasteiger partial charge is 0.224 e. The van der Waals surface area contributed by atoms with Crippen LogP contribution in [-0.2, 0) is 0 Å². The van der Waals surface area contributed by atoms with Gasteiger partial charge >= 0.3 is 0 Å². The van der Waals surface area contributed by atoms with Crippen LogP contribution in [-0.4, -0.2) is 9.97 Å². The Kier molecular flexibility index (Phi) is 3.05. The highest BCUT2D eigenvalue weighted by Crippen LogP contribution is 2.25. The molecule has 2 N–H and O–H groups in total. The summed E-state index contributed by atoms with van der Waals surface area (Å²) in [6, 6.07) is 7.36. The standard InChI is InChI=1S/C11H10BrN3O/c1-7-6-8(2-3-9(7)12)16-10-4-5-14-11(13)15-10/h2-6H,1H3,(H2,13,14,15). The number of hydrogen-bond acceptors (Lipinski definition) is 4. The number of nitrogens with zero attached hydrogens (tertiary/aromatic N) is 2. The first-order chi connectivity index (χ1) is 7.65. The SMILES string of the molecule is Cc1cc(Oc2ccnc(N)n2)ccc1Br. The Balaban J connectivity index is 2.24. The maximum Gasteiger partial charge on any atom is 0.224 e. The first kappa shape index (κ1) is 10.9. The molecule has 4 nitrogen and oxygen atoms in total. The van der Waals surface area contributed by atoms with Crippen LogP contribution in [0.15, 0.2) is 34.9 Å². The number of nitrogen functional groups attached to an aromatic ring is 1. The second-order valence-electron chi connectivity index (χ2n) is 3.27. The van der Waals surface area contributed by atoms with Crippen molar-refractivity contribution in [3.05, 3.63) is 40.5 Å². The summed E-state index contributed by atoms with van der Waals surface area (Å²) in [5.41, 5.74) is 6.55. The third kappa shape index (κ3) is 2.49. The molecular formula is C11H10BrN3O. The lowest BCUT2D eigenvalue weighted by molar-refractivity contribution is 0.462. The van der Waals surface area contributed by atoms with Gasteiger partial charge in [-0.2, -0.15) is 4.98 Å². The van der Waals surface area contributed by atoms with Crippen LogP contribution in [0.1, 0.15) is 5.56 Å². The number of benzene rings is 1. The summed E-state index contributed by atoms with van der Waals surface area (Å²) in [7, 11) is 0. The Labute approximate surface area is 102 Å². The molecule has 0 aliphatic heterocycles. The number of halogens is 1. The average molecular weight is 280 g/mol.